The van der Waals surface area contributed by atoms with Crippen molar-refractivity contribution in [2.24, 2.45) is 11.5 Å². The van der Waals surface area contributed by atoms with Gasteiger partial charge in [0.2, 0.25) is 0 Å². The summed E-state index contributed by atoms with van der Waals surface area (Å²) in [5.74, 6) is 4.78. The molecule has 0 amide bonds. The molecule has 0 saturated carbocycles. The van der Waals surface area contributed by atoms with Gasteiger partial charge in [0.1, 0.15) is 18.4 Å². The Kier molecular flexibility index (Phi) is 11.6. The summed E-state index contributed by atoms with van der Waals surface area (Å²) in [6, 6.07) is 14.8. The smallest absolute Gasteiger partial charge is 0.330 e. The maximum atomic E-state index is 12.4. The van der Waals surface area contributed by atoms with Gasteiger partial charge in [-0.2, -0.15) is 0 Å². The quantitative estimate of drug-likeness (QED) is 0.166. The van der Waals surface area contributed by atoms with Crippen LogP contribution >= 0.6 is 0 Å². The van der Waals surface area contributed by atoms with E-state index in [0.29, 0.717) is 38.2 Å². The number of ether oxygens (including phenoxy) is 2. The highest BCUT2D eigenvalue weighted by Gasteiger charge is 2.22. The number of aliphatic hydroxyl groups is 1. The number of hydrogen-bond acceptors (Lipinski definition) is 7. The molecule has 1 aliphatic rings. The predicted molar refractivity (Wildman–Crippen MR) is 148 cm³/mol. The molecule has 0 radical (unpaired) electrons. The van der Waals surface area contributed by atoms with Crippen LogP contribution in [0.3, 0.4) is 0 Å². The summed E-state index contributed by atoms with van der Waals surface area (Å²) >= 11 is 0. The van der Waals surface area contributed by atoms with Crippen LogP contribution in [0.2, 0.25) is 0 Å². The van der Waals surface area contributed by atoms with Crippen molar-refractivity contribution in [2.45, 2.75) is 76.5 Å². The molecule has 0 fully saturated rings. The molecule has 0 aromatic heterocycles. The van der Waals surface area contributed by atoms with Crippen LogP contribution in [-0.2, 0) is 20.9 Å². The van der Waals surface area contributed by atoms with Gasteiger partial charge < -0.3 is 26.0 Å². The van der Waals surface area contributed by atoms with E-state index in [2.05, 4.69) is 30.0 Å². The van der Waals surface area contributed by atoms with E-state index >= 15 is 0 Å². The maximum Gasteiger partial charge on any atom is 0.330 e. The molecule has 0 heterocycles. The summed E-state index contributed by atoms with van der Waals surface area (Å²) in [7, 11) is 0. The van der Waals surface area contributed by atoms with Gasteiger partial charge in [-0.05, 0) is 86.0 Å². The van der Waals surface area contributed by atoms with Crippen molar-refractivity contribution < 1.29 is 24.2 Å². The fourth-order valence-corrected chi connectivity index (χ4v) is 4.36. The molecule has 38 heavy (non-hydrogen) atoms. The molecule has 0 spiro atoms. The monoisotopic (exact) mass is 518 g/mol. The predicted octanol–water partition coefficient (Wildman–Crippen LogP) is 4.22. The lowest BCUT2D eigenvalue weighted by atomic mass is 9.91. The number of hydrogen-bond donors (Lipinski definition) is 3. The van der Waals surface area contributed by atoms with E-state index in [1.807, 2.05) is 36.4 Å². The normalized spacial score (nSPS) is 16.4. The average molecular weight is 519 g/mol. The highest BCUT2D eigenvalue weighted by Crippen LogP contribution is 2.28. The minimum atomic E-state index is -0.842. The number of nitrogens with two attached hydrogens (primary N) is 2. The van der Waals surface area contributed by atoms with Crippen molar-refractivity contribution in [3.63, 3.8) is 0 Å². The Balaban J connectivity index is 1.55. The van der Waals surface area contributed by atoms with Crippen molar-refractivity contribution >= 4 is 17.5 Å². The summed E-state index contributed by atoms with van der Waals surface area (Å²) in [6.07, 6.45) is 6.08. The molecule has 2 aromatic rings. The Bertz CT molecular complexity index is 1160. The third-order valence-electron chi connectivity index (χ3n) is 6.54. The van der Waals surface area contributed by atoms with Crippen molar-refractivity contribution in [1.29, 1.82) is 0 Å². The van der Waals surface area contributed by atoms with Gasteiger partial charge in [-0.15, -0.1) is 5.92 Å². The SMILES string of the molecule is CC#CC(CC(=O)OC(=O)[C@@H](N)CCCCN)c1ccc(OCc2cccc(C3=CCC(O)CC3)c2)cc1. The lowest BCUT2D eigenvalue weighted by Gasteiger charge is -2.18. The van der Waals surface area contributed by atoms with Crippen LogP contribution in [0, 0.1) is 11.8 Å². The Morgan fingerprint density at radius 2 is 1.95 bits per heavy atom. The number of esters is 2. The third kappa shape index (κ3) is 9.14. The number of carbonyl (C=O) groups excluding carboxylic acids is 2. The van der Waals surface area contributed by atoms with Crippen molar-refractivity contribution in [3.8, 4) is 17.6 Å². The van der Waals surface area contributed by atoms with Gasteiger partial charge in [-0.3, -0.25) is 4.79 Å². The van der Waals surface area contributed by atoms with Gasteiger partial charge in [-0.25, -0.2) is 4.79 Å². The van der Waals surface area contributed by atoms with E-state index in [0.717, 1.165) is 36.0 Å². The van der Waals surface area contributed by atoms with E-state index in [4.69, 9.17) is 20.9 Å². The fraction of sp³-hybridized carbons (Fsp3) is 0.419. The molecule has 3 rings (SSSR count). The second-order valence-electron chi connectivity index (χ2n) is 9.55. The highest BCUT2D eigenvalue weighted by atomic mass is 16.6. The lowest BCUT2D eigenvalue weighted by Crippen LogP contribution is -2.34. The molecule has 0 bridgehead atoms. The van der Waals surface area contributed by atoms with Gasteiger partial charge in [0, 0.05) is 0 Å². The Labute approximate surface area is 225 Å². The van der Waals surface area contributed by atoms with Crippen LogP contribution in [0.5, 0.6) is 5.75 Å². The number of aliphatic hydroxyl groups excluding tert-OH is 1. The van der Waals surface area contributed by atoms with Crippen LogP contribution in [0.1, 0.15) is 74.5 Å². The molecule has 1 aliphatic carbocycles. The largest absolute Gasteiger partial charge is 0.489 e. The first-order valence-corrected chi connectivity index (χ1v) is 13.2. The number of benzene rings is 2. The van der Waals surface area contributed by atoms with Crippen molar-refractivity contribution in [2.75, 3.05) is 6.54 Å². The van der Waals surface area contributed by atoms with E-state index < -0.39 is 23.9 Å². The molecular formula is C31H38N2O5. The number of rotatable bonds is 12. The van der Waals surface area contributed by atoms with Crippen molar-refractivity contribution in [3.05, 3.63) is 71.3 Å². The molecule has 7 nitrogen and oxygen atoms in total. The zero-order valence-corrected chi connectivity index (χ0v) is 22.0. The van der Waals surface area contributed by atoms with Gasteiger partial charge in [0.25, 0.3) is 0 Å². The molecule has 202 valence electrons. The second kappa shape index (κ2) is 15.1. The lowest BCUT2D eigenvalue weighted by molar-refractivity contribution is -0.160. The first-order chi connectivity index (χ1) is 18.4. The Morgan fingerprint density at radius 1 is 1.16 bits per heavy atom. The molecule has 7 heteroatoms. The maximum absolute atomic E-state index is 12.4. The zero-order valence-electron chi connectivity index (χ0n) is 22.0. The minimum Gasteiger partial charge on any atom is -0.489 e. The standard InChI is InChI=1S/C31H38N2O5/c1-2-6-25(20-30(35)38-31(36)29(33)9-3-4-18-32)24-12-16-28(17-13-24)37-21-22-7-5-8-26(19-22)23-10-14-27(34)15-11-23/h5,7-8,10,12-13,16-17,19,25,27,29,34H,3-4,9,11,14-15,18,20-21,32-33H2,1H3/t25?,27?,29-/m0/s1. The second-order valence-corrected chi connectivity index (χ2v) is 9.55. The minimum absolute atomic E-state index is 0.0536. The molecule has 3 atom stereocenters. The van der Waals surface area contributed by atoms with Crippen LogP contribution in [-0.4, -0.2) is 35.7 Å². The first kappa shape index (κ1) is 29.1. The summed E-state index contributed by atoms with van der Waals surface area (Å²) < 4.78 is 11.0. The van der Waals surface area contributed by atoms with E-state index in [1.165, 1.54) is 5.57 Å². The molecule has 0 aliphatic heterocycles. The number of allylic oxidation sites excluding steroid dienone is 1. The molecular weight excluding hydrogens is 480 g/mol. The zero-order chi connectivity index (χ0) is 27.3. The summed E-state index contributed by atoms with van der Waals surface area (Å²) in [5.41, 5.74) is 15.6. The highest BCUT2D eigenvalue weighted by molar-refractivity contribution is 5.88. The van der Waals surface area contributed by atoms with E-state index in [1.54, 1.807) is 6.92 Å². The Hall–Kier alpha value is -3.44. The number of unbranched alkanes of at least 4 members (excludes halogenated alkanes) is 1. The third-order valence-corrected chi connectivity index (χ3v) is 6.54. The van der Waals surface area contributed by atoms with Gasteiger partial charge in [0.15, 0.2) is 0 Å². The van der Waals surface area contributed by atoms with E-state index in [-0.39, 0.29) is 12.5 Å². The molecule has 2 unspecified atom stereocenters. The summed E-state index contributed by atoms with van der Waals surface area (Å²) in [4.78, 5) is 24.5. The van der Waals surface area contributed by atoms with Crippen LogP contribution < -0.4 is 16.2 Å². The summed E-state index contributed by atoms with van der Waals surface area (Å²) in [5, 5.41) is 9.74. The van der Waals surface area contributed by atoms with Crippen LogP contribution in [0.25, 0.3) is 5.57 Å². The van der Waals surface area contributed by atoms with Gasteiger partial charge in [-0.1, -0.05) is 48.7 Å². The molecule has 5 N–H and O–H groups in total. The van der Waals surface area contributed by atoms with E-state index in [9.17, 15) is 14.7 Å². The van der Waals surface area contributed by atoms with Gasteiger partial charge >= 0.3 is 11.9 Å². The van der Waals surface area contributed by atoms with Gasteiger partial charge in [0.05, 0.1) is 18.4 Å². The summed E-state index contributed by atoms with van der Waals surface area (Å²) in [6.45, 7) is 2.65. The number of carbonyl (C=O) groups is 2. The first-order valence-electron chi connectivity index (χ1n) is 13.2. The van der Waals surface area contributed by atoms with Crippen LogP contribution in [0.4, 0.5) is 0 Å². The Morgan fingerprint density at radius 3 is 2.63 bits per heavy atom. The molecule has 0 saturated heterocycles. The van der Waals surface area contributed by atoms with Crippen LogP contribution in [0.15, 0.2) is 54.6 Å². The topological polar surface area (TPSA) is 125 Å². The fourth-order valence-electron chi connectivity index (χ4n) is 4.36. The average Bonchev–Trinajstić information content (AvgIpc) is 2.92. The van der Waals surface area contributed by atoms with Crippen molar-refractivity contribution in [1.82, 2.24) is 0 Å². The molecule has 2 aromatic carbocycles.